The molecule has 0 atom stereocenters. The first-order chi connectivity index (χ1) is 6.83. The summed E-state index contributed by atoms with van der Waals surface area (Å²) >= 11 is 5.68. The Hall–Kier alpha value is -0.430. The van der Waals surface area contributed by atoms with E-state index in [1.54, 1.807) is 0 Å². The van der Waals surface area contributed by atoms with Crippen LogP contribution in [0.25, 0.3) is 0 Å². The maximum atomic E-state index is 5.68. The van der Waals surface area contributed by atoms with Crippen molar-refractivity contribution in [2.45, 2.75) is 51.9 Å². The van der Waals surface area contributed by atoms with Crippen LogP contribution in [0.1, 0.15) is 51.2 Å². The second-order valence-corrected chi connectivity index (χ2v) is 4.10. The van der Waals surface area contributed by atoms with Gasteiger partial charge in [0.25, 0.3) is 0 Å². The fraction of sp³-hybridized carbons (Fsp3) is 0.667. The number of furan rings is 1. The minimum atomic E-state index is 0.506. The van der Waals surface area contributed by atoms with Gasteiger partial charge in [-0.1, -0.05) is 39.0 Å². The lowest BCUT2D eigenvalue weighted by Gasteiger charge is -1.98. The summed E-state index contributed by atoms with van der Waals surface area (Å²) in [6, 6.07) is 3.78. The molecule has 80 valence electrons. The first-order valence-corrected chi connectivity index (χ1v) is 5.95. The van der Waals surface area contributed by atoms with Crippen molar-refractivity contribution in [3.63, 3.8) is 0 Å². The van der Waals surface area contributed by atoms with E-state index in [9.17, 15) is 0 Å². The molecule has 0 spiro atoms. The Labute approximate surface area is 91.4 Å². The third-order valence-corrected chi connectivity index (χ3v) is 2.61. The largest absolute Gasteiger partial charge is 0.450 e. The van der Waals surface area contributed by atoms with Crippen molar-refractivity contribution in [3.8, 4) is 0 Å². The molecule has 1 nitrogen and oxygen atoms in total. The van der Waals surface area contributed by atoms with Gasteiger partial charge in [0.15, 0.2) is 5.22 Å². The first-order valence-electron chi connectivity index (χ1n) is 5.57. The fourth-order valence-corrected chi connectivity index (χ4v) is 1.73. The summed E-state index contributed by atoms with van der Waals surface area (Å²) in [5, 5.41) is 0.506. The number of unbranched alkanes of at least 4 members (excludes halogenated alkanes) is 5. The van der Waals surface area contributed by atoms with Crippen LogP contribution in [-0.4, -0.2) is 0 Å². The molecule has 0 aliphatic heterocycles. The van der Waals surface area contributed by atoms with Gasteiger partial charge >= 0.3 is 0 Å². The smallest absolute Gasteiger partial charge is 0.193 e. The van der Waals surface area contributed by atoms with Crippen LogP contribution in [0.4, 0.5) is 0 Å². The standard InChI is InChI=1S/C12H19ClO/c1-2-3-4-5-6-7-8-11-9-10-12(13)14-11/h9-10H,2-8H2,1H3. The molecule has 0 unspecified atom stereocenters. The fourth-order valence-electron chi connectivity index (χ4n) is 1.57. The Morgan fingerprint density at radius 2 is 1.79 bits per heavy atom. The molecule has 1 heterocycles. The lowest BCUT2D eigenvalue weighted by atomic mass is 10.1. The summed E-state index contributed by atoms with van der Waals surface area (Å²) in [6.45, 7) is 2.24. The van der Waals surface area contributed by atoms with Crippen molar-refractivity contribution in [2.75, 3.05) is 0 Å². The Kier molecular flexibility index (Phi) is 5.77. The third-order valence-electron chi connectivity index (χ3n) is 2.41. The number of halogens is 1. The molecule has 0 bridgehead atoms. The Balaban J connectivity index is 1.99. The van der Waals surface area contributed by atoms with Gasteiger partial charge in [0.05, 0.1) is 0 Å². The van der Waals surface area contributed by atoms with Gasteiger partial charge < -0.3 is 4.42 Å². The number of hydrogen-bond acceptors (Lipinski definition) is 1. The Morgan fingerprint density at radius 3 is 2.43 bits per heavy atom. The van der Waals surface area contributed by atoms with E-state index in [1.165, 1.54) is 38.5 Å². The van der Waals surface area contributed by atoms with Crippen LogP contribution in [0, 0.1) is 0 Å². The number of aryl methyl sites for hydroxylation is 1. The Morgan fingerprint density at radius 1 is 1.07 bits per heavy atom. The number of hydrogen-bond donors (Lipinski definition) is 0. The van der Waals surface area contributed by atoms with E-state index in [0.29, 0.717) is 5.22 Å². The highest BCUT2D eigenvalue weighted by molar-refractivity contribution is 6.28. The van der Waals surface area contributed by atoms with Crippen LogP contribution >= 0.6 is 11.6 Å². The van der Waals surface area contributed by atoms with E-state index in [4.69, 9.17) is 16.0 Å². The highest BCUT2D eigenvalue weighted by atomic mass is 35.5. The second-order valence-electron chi connectivity index (χ2n) is 3.72. The Bertz CT molecular complexity index is 242. The molecule has 0 aliphatic rings. The van der Waals surface area contributed by atoms with Crippen LogP contribution in [0.15, 0.2) is 16.5 Å². The van der Waals surface area contributed by atoms with Gasteiger partial charge in [-0.15, -0.1) is 0 Å². The minimum Gasteiger partial charge on any atom is -0.450 e. The van der Waals surface area contributed by atoms with E-state index in [1.807, 2.05) is 12.1 Å². The summed E-state index contributed by atoms with van der Waals surface area (Å²) in [6.07, 6.45) is 8.95. The minimum absolute atomic E-state index is 0.506. The van der Waals surface area contributed by atoms with E-state index in [-0.39, 0.29) is 0 Å². The molecule has 1 aromatic heterocycles. The van der Waals surface area contributed by atoms with E-state index in [0.717, 1.165) is 12.2 Å². The molecule has 0 radical (unpaired) electrons. The summed E-state index contributed by atoms with van der Waals surface area (Å²) in [7, 11) is 0. The molecule has 0 aliphatic carbocycles. The zero-order chi connectivity index (χ0) is 10.2. The lowest BCUT2D eigenvalue weighted by molar-refractivity contribution is 0.493. The van der Waals surface area contributed by atoms with Crippen molar-refractivity contribution in [2.24, 2.45) is 0 Å². The van der Waals surface area contributed by atoms with Gasteiger partial charge in [-0.2, -0.15) is 0 Å². The summed E-state index contributed by atoms with van der Waals surface area (Å²) < 4.78 is 5.28. The molecule has 0 N–H and O–H groups in total. The molecule has 0 aromatic carbocycles. The second kappa shape index (κ2) is 6.94. The lowest BCUT2D eigenvalue weighted by Crippen LogP contribution is -1.83. The van der Waals surface area contributed by atoms with Crippen molar-refractivity contribution in [1.29, 1.82) is 0 Å². The zero-order valence-electron chi connectivity index (χ0n) is 8.89. The normalized spacial score (nSPS) is 10.7. The molecular weight excluding hydrogens is 196 g/mol. The van der Waals surface area contributed by atoms with Crippen molar-refractivity contribution in [1.82, 2.24) is 0 Å². The molecule has 14 heavy (non-hydrogen) atoms. The van der Waals surface area contributed by atoms with Gasteiger partial charge in [0.2, 0.25) is 0 Å². The molecule has 2 heteroatoms. The molecule has 0 fully saturated rings. The van der Waals surface area contributed by atoms with E-state index < -0.39 is 0 Å². The van der Waals surface area contributed by atoms with Crippen LogP contribution in [0.3, 0.4) is 0 Å². The predicted molar refractivity (Wildman–Crippen MR) is 60.8 cm³/mol. The maximum absolute atomic E-state index is 5.68. The molecule has 0 saturated heterocycles. The highest BCUT2D eigenvalue weighted by Gasteiger charge is 1.98. The molecule has 1 rings (SSSR count). The predicted octanol–water partition coefficient (Wildman–Crippen LogP) is 4.84. The van der Waals surface area contributed by atoms with Crippen LogP contribution in [-0.2, 0) is 6.42 Å². The topological polar surface area (TPSA) is 13.1 Å². The number of rotatable bonds is 7. The average Bonchev–Trinajstić information content (AvgIpc) is 2.58. The highest BCUT2D eigenvalue weighted by Crippen LogP contribution is 2.16. The molecule has 0 saturated carbocycles. The zero-order valence-corrected chi connectivity index (χ0v) is 9.65. The van der Waals surface area contributed by atoms with Crippen molar-refractivity contribution in [3.05, 3.63) is 23.1 Å². The average molecular weight is 215 g/mol. The van der Waals surface area contributed by atoms with E-state index in [2.05, 4.69) is 6.92 Å². The maximum Gasteiger partial charge on any atom is 0.193 e. The first kappa shape index (κ1) is 11.6. The van der Waals surface area contributed by atoms with Gasteiger partial charge in [-0.3, -0.25) is 0 Å². The van der Waals surface area contributed by atoms with Crippen LogP contribution in [0.5, 0.6) is 0 Å². The van der Waals surface area contributed by atoms with Crippen molar-refractivity contribution >= 4 is 11.6 Å². The van der Waals surface area contributed by atoms with Crippen molar-refractivity contribution < 1.29 is 4.42 Å². The molecular formula is C12H19ClO. The van der Waals surface area contributed by atoms with E-state index >= 15 is 0 Å². The summed E-state index contributed by atoms with van der Waals surface area (Å²) in [5.41, 5.74) is 0. The summed E-state index contributed by atoms with van der Waals surface area (Å²) in [4.78, 5) is 0. The SMILES string of the molecule is CCCCCCCCc1ccc(Cl)o1. The molecule has 1 aromatic rings. The van der Waals surface area contributed by atoms with Gasteiger partial charge in [0.1, 0.15) is 5.76 Å². The van der Waals surface area contributed by atoms with Gasteiger partial charge in [-0.25, -0.2) is 0 Å². The van der Waals surface area contributed by atoms with Crippen LogP contribution < -0.4 is 0 Å². The molecule has 0 amide bonds. The quantitative estimate of drug-likeness (QED) is 0.593. The van der Waals surface area contributed by atoms with Gasteiger partial charge in [0, 0.05) is 6.42 Å². The third kappa shape index (κ3) is 4.71. The van der Waals surface area contributed by atoms with Gasteiger partial charge in [-0.05, 0) is 30.2 Å². The monoisotopic (exact) mass is 214 g/mol. The van der Waals surface area contributed by atoms with Crippen LogP contribution in [0.2, 0.25) is 5.22 Å². The summed E-state index contributed by atoms with van der Waals surface area (Å²) in [5.74, 6) is 1.02.